The Morgan fingerprint density at radius 1 is 0.704 bits per heavy atom. The molecule has 0 atom stereocenters. The molecule has 25 nitrogen and oxygen atoms in total. The summed E-state index contributed by atoms with van der Waals surface area (Å²) >= 11 is 8.57. The van der Waals surface area contributed by atoms with E-state index in [1.54, 1.807) is 0 Å². The molecule has 71 heavy (non-hydrogen) atoms. The average molecular weight is 1250 g/mol. The maximum absolute atomic E-state index is 13.5. The molecule has 4 heterocycles. The van der Waals surface area contributed by atoms with E-state index in [-0.39, 0.29) is 87.1 Å². The number of halogens is 6. The second-order valence-corrected chi connectivity index (χ2v) is 20.8. The van der Waals surface area contributed by atoms with E-state index in [9.17, 15) is 35.2 Å². The molecule has 0 aliphatic carbocycles. The van der Waals surface area contributed by atoms with E-state index in [0.29, 0.717) is 29.6 Å². The molecule has 0 amide bonds. The van der Waals surface area contributed by atoms with E-state index in [4.69, 9.17) is 39.5 Å². The van der Waals surface area contributed by atoms with Crippen LogP contribution in [0.2, 0.25) is 0 Å². The highest BCUT2D eigenvalue weighted by Crippen LogP contribution is 2.30. The molecule has 0 bridgehead atoms. The number of thioether (sulfide) groups is 2. The van der Waals surface area contributed by atoms with Crippen LogP contribution >= 0.6 is 78.5 Å². The van der Waals surface area contributed by atoms with Crippen LogP contribution in [0.3, 0.4) is 0 Å². The van der Waals surface area contributed by atoms with Crippen molar-refractivity contribution in [3.8, 4) is 34.4 Å². The lowest BCUT2D eigenvalue weighted by molar-refractivity contribution is 0.204. The fourth-order valence-electron chi connectivity index (χ4n) is 5.07. The second-order valence-electron chi connectivity index (χ2n) is 13.0. The van der Waals surface area contributed by atoms with Crippen molar-refractivity contribution in [2.24, 2.45) is 5.73 Å². The lowest BCUT2D eigenvalue weighted by atomic mass is 10.3. The highest BCUT2D eigenvalue weighted by atomic mass is 79.9. The zero-order valence-corrected chi connectivity index (χ0v) is 46.2. The van der Waals surface area contributed by atoms with Gasteiger partial charge in [-0.3, -0.25) is 9.05 Å². The lowest BCUT2D eigenvalue weighted by Crippen LogP contribution is -2.39. The molecular formula is C36H49Br2Cl2F2N13O12S4. The Morgan fingerprint density at radius 2 is 1.13 bits per heavy atom. The molecule has 0 unspecified atom stereocenters. The van der Waals surface area contributed by atoms with Crippen LogP contribution in [0, 0.1) is 11.6 Å². The van der Waals surface area contributed by atoms with Crippen LogP contribution in [0.15, 0.2) is 83.3 Å². The van der Waals surface area contributed by atoms with Gasteiger partial charge in [-0.25, -0.2) is 41.5 Å². The number of hydrogen-bond acceptors (Lipinski definition) is 22. The summed E-state index contributed by atoms with van der Waals surface area (Å²) in [5.74, 6) is -1.56. The minimum Gasteiger partial charge on any atom is -0.383 e. The van der Waals surface area contributed by atoms with Gasteiger partial charge in [-0.1, -0.05) is 54.6 Å². The zero-order chi connectivity index (χ0) is 51.9. The van der Waals surface area contributed by atoms with Crippen LogP contribution in [0.25, 0.3) is 34.4 Å². The summed E-state index contributed by atoms with van der Waals surface area (Å²) in [6, 6.07) is 7.98. The Morgan fingerprint density at radius 3 is 1.51 bits per heavy atom. The van der Waals surface area contributed by atoms with Crippen LogP contribution in [0.5, 0.6) is 0 Å². The van der Waals surface area contributed by atoms with Crippen molar-refractivity contribution in [3.63, 3.8) is 0 Å². The maximum atomic E-state index is 13.5. The largest absolute Gasteiger partial charge is 0.446 e. The number of benzene rings is 2. The summed E-state index contributed by atoms with van der Waals surface area (Å²) in [6.07, 6.45) is 0. The monoisotopic (exact) mass is 1250 g/mol. The van der Waals surface area contributed by atoms with Gasteiger partial charge >= 0.3 is 11.5 Å². The third kappa shape index (κ3) is 21.0. The van der Waals surface area contributed by atoms with E-state index in [0.717, 1.165) is 20.9 Å². The molecule has 6 aromatic rings. The van der Waals surface area contributed by atoms with Gasteiger partial charge in [-0.2, -0.15) is 26.3 Å². The van der Waals surface area contributed by atoms with Gasteiger partial charge in [0.25, 0.3) is 19.4 Å². The summed E-state index contributed by atoms with van der Waals surface area (Å²) in [5, 5.41) is 23.2. The Balaban J connectivity index is 0.000000376. The molecule has 0 aliphatic rings. The van der Waals surface area contributed by atoms with Crippen molar-refractivity contribution in [2.45, 2.75) is 30.8 Å². The summed E-state index contributed by atoms with van der Waals surface area (Å²) < 4.78 is 108. The molecule has 5 N–H and O–H groups in total. The summed E-state index contributed by atoms with van der Waals surface area (Å²) in [5.41, 5.74) is 6.45. The Bertz CT molecular complexity index is 2870. The fourth-order valence-corrected chi connectivity index (χ4v) is 8.73. The van der Waals surface area contributed by atoms with E-state index in [2.05, 4.69) is 103 Å². The first-order valence-corrected chi connectivity index (χ1v) is 27.5. The van der Waals surface area contributed by atoms with Crippen molar-refractivity contribution >= 4 is 97.9 Å². The van der Waals surface area contributed by atoms with E-state index in [1.165, 1.54) is 82.0 Å². The first-order chi connectivity index (χ1) is 33.3. The molecule has 0 saturated heterocycles. The Kier molecular flexibility index (Phi) is 29.0. The van der Waals surface area contributed by atoms with Crippen molar-refractivity contribution in [1.82, 2.24) is 59.1 Å². The van der Waals surface area contributed by atoms with Crippen LogP contribution in [-0.2, 0) is 28.9 Å². The zero-order valence-electron chi connectivity index (χ0n) is 38.2. The van der Waals surface area contributed by atoms with Crippen LogP contribution in [0.4, 0.5) is 8.78 Å². The smallest absolute Gasteiger partial charge is 0.383 e. The molecule has 396 valence electrons. The molecule has 35 heteroatoms. The quantitative estimate of drug-likeness (QED) is 0.0396. The molecule has 0 spiro atoms. The number of nitrogens with zero attached hydrogens (tertiary/aromatic N) is 9. The van der Waals surface area contributed by atoms with Gasteiger partial charge < -0.3 is 20.1 Å². The topological polar surface area (TPSA) is 326 Å². The van der Waals surface area contributed by atoms with E-state index >= 15 is 0 Å². The molecule has 4 aromatic heterocycles. The van der Waals surface area contributed by atoms with Crippen molar-refractivity contribution in [1.29, 1.82) is 0 Å². The van der Waals surface area contributed by atoms with Crippen molar-refractivity contribution in [2.75, 3.05) is 84.8 Å². The number of aromatic nitrogens is 8. The summed E-state index contributed by atoms with van der Waals surface area (Å²) in [4.78, 5) is 26.5. The van der Waals surface area contributed by atoms with Gasteiger partial charge in [-0.05, 0) is 109 Å². The number of hydrogen-bond donors (Lipinski definition) is 4. The fraction of sp³-hybridized carbons (Fsp3) is 0.444. The lowest BCUT2D eigenvalue weighted by Gasteiger charge is -2.13. The van der Waals surface area contributed by atoms with Crippen molar-refractivity contribution in [3.05, 3.63) is 78.1 Å². The molecule has 0 aliphatic heterocycles. The van der Waals surface area contributed by atoms with Gasteiger partial charge in [0.2, 0.25) is 11.6 Å². The maximum Gasteiger partial charge on any atom is 0.446 e. The third-order valence-corrected chi connectivity index (χ3v) is 13.6. The first kappa shape index (κ1) is 63.4. The number of rotatable bonds is 23. The molecule has 0 radical (unpaired) electrons. The van der Waals surface area contributed by atoms with Crippen molar-refractivity contribution < 1.29 is 53.4 Å². The number of methoxy groups -OCH3 is 2. The Hall–Kier alpha value is -3.68. The minimum absolute atomic E-state index is 0. The molecule has 2 aromatic carbocycles. The van der Waals surface area contributed by atoms with Crippen LogP contribution < -0.4 is 31.4 Å². The SMILES string of the molecule is CCN(CC)CC.COCCNS(=O)(=O)Cl.COCCNS(=O)(=O)NCCSc1nonc1-c1noc(=O)n1-c1ccc(F)c(Br)c1.Cl.NCCSc1nonc1-c1noc(=O)n1-c1ccc(F)c(Br)c1. The molecule has 0 saturated carbocycles. The molecular weight excluding hydrogens is 1200 g/mol. The van der Waals surface area contributed by atoms with Gasteiger partial charge in [0.15, 0.2) is 21.4 Å². The van der Waals surface area contributed by atoms with Gasteiger partial charge in [0, 0.05) is 62.6 Å². The average Bonchev–Trinajstić information content (AvgIpc) is 4.15. The third-order valence-electron chi connectivity index (χ3n) is 8.38. The highest BCUT2D eigenvalue weighted by molar-refractivity contribution is 9.10. The standard InChI is InChI=1S/C15H16BrFN6O6S2.C12H9BrFN5O3S.C6H15N.C3H8ClNO3S.ClH/c1-27-6-4-18-31(25,26)19-5-7-30-14-12(20-29-22-14)13-21-28-15(24)23(13)9-2-3-11(17)10(16)8-9;13-7-5-6(1-2-8(7)14)19-10(17-21-12(19)20)9-11(18-22-16-9)23-4-3-15;1-4-7(5-2)6-3;1-8-3-2-5-9(4,6)7;/h2-3,8,18-19H,4-7H2,1H3;1-2,5H,3-4,15H2;4-6H2,1-3H3;5H,2-3H2,1H3;1H. The number of nitrogens with one attached hydrogen (secondary N) is 3. The predicted octanol–water partition coefficient (Wildman–Crippen LogP) is 4.24. The normalized spacial score (nSPS) is 11.3. The summed E-state index contributed by atoms with van der Waals surface area (Å²) in [7, 11) is 0.494. The van der Waals surface area contributed by atoms with E-state index < -0.39 is 42.6 Å². The second kappa shape index (κ2) is 32.5. The summed E-state index contributed by atoms with van der Waals surface area (Å²) in [6.45, 7) is 11.6. The van der Waals surface area contributed by atoms with Crippen LogP contribution in [0.1, 0.15) is 20.8 Å². The minimum atomic E-state index is -3.66. The Labute approximate surface area is 441 Å². The number of nitrogens with two attached hydrogens (primary N) is 1. The predicted molar refractivity (Wildman–Crippen MR) is 269 cm³/mol. The van der Waals surface area contributed by atoms with E-state index in [1.807, 2.05) is 4.72 Å². The first-order valence-electron chi connectivity index (χ1n) is 20.2. The van der Waals surface area contributed by atoms with Gasteiger partial charge in [0.1, 0.15) is 11.6 Å². The number of ether oxygens (including phenoxy) is 2. The highest BCUT2D eigenvalue weighted by Gasteiger charge is 2.25. The van der Waals surface area contributed by atoms with Gasteiger partial charge in [-0.15, -0.1) is 12.4 Å². The van der Waals surface area contributed by atoms with Crippen LogP contribution in [-0.4, -0.2) is 147 Å². The van der Waals surface area contributed by atoms with Gasteiger partial charge in [0.05, 0.1) is 33.5 Å². The molecule has 0 fully saturated rings. The molecule has 6 rings (SSSR count).